The normalized spacial score (nSPS) is 19.6. The number of hydrogen-bond donors (Lipinski definition) is 2. The van der Waals surface area contributed by atoms with Crippen molar-refractivity contribution in [3.63, 3.8) is 0 Å². The Morgan fingerprint density at radius 2 is 1.30 bits per heavy atom. The number of β-lactam (4-membered cyclic amide) rings is 1. The number of aliphatic hydroxyl groups excluding tert-OH is 1. The van der Waals surface area contributed by atoms with Gasteiger partial charge in [0, 0.05) is 18.6 Å². The maximum atomic E-state index is 14.0. The second kappa shape index (κ2) is 17.2. The molecule has 3 atom stereocenters. The van der Waals surface area contributed by atoms with Gasteiger partial charge >= 0.3 is 14.1 Å². The summed E-state index contributed by atoms with van der Waals surface area (Å²) in [7, 11) is -4.20. The number of benzene rings is 5. The summed E-state index contributed by atoms with van der Waals surface area (Å²) in [5.74, 6) is -0.535. The van der Waals surface area contributed by atoms with Crippen LogP contribution in [0.4, 0.5) is 5.69 Å². The molecular formula is C41H36ClN3O11P+. The Morgan fingerprint density at radius 3 is 1.79 bits per heavy atom. The number of nitro groups is 1. The number of para-hydroxylation sites is 4. The molecule has 1 unspecified atom stereocenters. The SMILES string of the molecule is O=C(COc1ccccc1)N[C@@H]1C(=O)N2/C(=C(/O)OCc3ccc([N+](=O)[O-])cc3)C(Cl)(O[P+](Oc3ccccc3)(Oc3ccccc3)Oc3ccccc3)CC[C@H]12. The minimum absolute atomic E-state index is 0.0631. The minimum atomic E-state index is -4.20. The standard InChI is InChI=1S/C41H35ClN3O11P/c42-41(56-57(53-32-15-7-2-8-16-32,54-33-17-9-3-10-18-33)55-34-19-11-4-12-20-34)26-25-35-37(43-36(46)28-51-31-13-5-1-6-14-31)39(47)44(35)38(41)40(48)52-27-29-21-23-30(24-22-29)45(49)50/h1-24,35,37H,25-28H2,(H-,43,46,48)/p+1/b40-38-/t35-,37+,41?/m1/s1. The van der Waals surface area contributed by atoms with Crippen molar-refractivity contribution in [2.75, 3.05) is 6.61 Å². The van der Waals surface area contributed by atoms with E-state index in [4.69, 9.17) is 39.2 Å². The topological polar surface area (TPSA) is 168 Å². The molecule has 2 fully saturated rings. The first-order chi connectivity index (χ1) is 27.6. The Kier molecular flexibility index (Phi) is 11.7. The quantitative estimate of drug-likeness (QED) is 0.0246. The van der Waals surface area contributed by atoms with Crippen molar-refractivity contribution in [2.24, 2.45) is 0 Å². The maximum Gasteiger partial charge on any atom is 0.719 e. The Morgan fingerprint density at radius 1 is 0.807 bits per heavy atom. The van der Waals surface area contributed by atoms with Crippen molar-refractivity contribution in [2.45, 2.75) is 36.6 Å². The Labute approximate surface area is 332 Å². The van der Waals surface area contributed by atoms with Gasteiger partial charge in [-0.05, 0) is 72.6 Å². The van der Waals surface area contributed by atoms with Crippen LogP contribution in [-0.2, 0) is 25.5 Å². The van der Waals surface area contributed by atoms with Gasteiger partial charge < -0.3 is 19.9 Å². The summed E-state index contributed by atoms with van der Waals surface area (Å²) in [6.07, 6.45) is 0.118. The van der Waals surface area contributed by atoms with Crippen LogP contribution in [0.2, 0.25) is 0 Å². The van der Waals surface area contributed by atoms with E-state index >= 15 is 0 Å². The third kappa shape index (κ3) is 9.21. The van der Waals surface area contributed by atoms with E-state index in [9.17, 15) is 24.8 Å². The molecular weight excluding hydrogens is 777 g/mol. The van der Waals surface area contributed by atoms with Gasteiger partial charge in [-0.3, -0.25) is 24.6 Å². The molecule has 2 aliphatic rings. The smallest absolute Gasteiger partial charge is 0.484 e. The van der Waals surface area contributed by atoms with E-state index in [0.29, 0.717) is 28.6 Å². The van der Waals surface area contributed by atoms with Crippen molar-refractivity contribution < 1.29 is 47.2 Å². The lowest BCUT2D eigenvalue weighted by atomic mass is 9.83. The summed E-state index contributed by atoms with van der Waals surface area (Å²) >= 11 is 7.48. The lowest BCUT2D eigenvalue weighted by Crippen LogP contribution is -2.74. The summed E-state index contributed by atoms with van der Waals surface area (Å²) in [5, 5.41) is 23.6. The zero-order valence-corrected chi connectivity index (χ0v) is 31.7. The minimum Gasteiger partial charge on any atom is -0.484 e. The number of amides is 2. The van der Waals surface area contributed by atoms with Crippen molar-refractivity contribution in [1.82, 2.24) is 10.2 Å². The Bertz CT molecular complexity index is 2100. The van der Waals surface area contributed by atoms with E-state index in [1.807, 2.05) is 6.07 Å². The molecule has 0 aliphatic carbocycles. The fourth-order valence-corrected chi connectivity index (χ4v) is 8.62. The number of carbonyl (C=O) groups is 2. The summed E-state index contributed by atoms with van der Waals surface area (Å²) < 4.78 is 37.6. The van der Waals surface area contributed by atoms with Crippen molar-refractivity contribution in [3.05, 3.63) is 173 Å². The number of piperidine rings is 1. The predicted octanol–water partition coefficient (Wildman–Crippen LogP) is 8.27. The number of ether oxygens (including phenoxy) is 2. The van der Waals surface area contributed by atoms with Crippen LogP contribution in [0.5, 0.6) is 23.0 Å². The van der Waals surface area contributed by atoms with Crippen LogP contribution in [0.1, 0.15) is 18.4 Å². The van der Waals surface area contributed by atoms with Gasteiger partial charge in [0.1, 0.15) is 18.4 Å². The van der Waals surface area contributed by atoms with Gasteiger partial charge in [0.15, 0.2) is 29.6 Å². The van der Waals surface area contributed by atoms with Gasteiger partial charge in [0.2, 0.25) is 5.06 Å². The number of alkyl halides is 1. The first kappa shape index (κ1) is 38.9. The highest BCUT2D eigenvalue weighted by atomic mass is 35.5. The molecule has 0 bridgehead atoms. The molecule has 2 aliphatic heterocycles. The molecule has 14 nitrogen and oxygen atoms in total. The van der Waals surface area contributed by atoms with Gasteiger partial charge in [-0.2, -0.15) is 0 Å². The lowest BCUT2D eigenvalue weighted by Gasteiger charge is -2.53. The van der Waals surface area contributed by atoms with E-state index < -0.39 is 48.0 Å². The van der Waals surface area contributed by atoms with Crippen LogP contribution in [0.15, 0.2) is 157 Å². The molecule has 0 aromatic heterocycles. The third-order valence-electron chi connectivity index (χ3n) is 8.87. The first-order valence-electron chi connectivity index (χ1n) is 17.7. The molecule has 5 aromatic carbocycles. The number of rotatable bonds is 16. The van der Waals surface area contributed by atoms with Crippen LogP contribution < -0.4 is 23.6 Å². The number of aliphatic hydroxyl groups is 1. The summed E-state index contributed by atoms with van der Waals surface area (Å²) in [5.41, 5.74) is 0.0510. The van der Waals surface area contributed by atoms with Crippen molar-refractivity contribution in [3.8, 4) is 23.0 Å². The van der Waals surface area contributed by atoms with Crippen LogP contribution in [-0.4, -0.2) is 50.5 Å². The van der Waals surface area contributed by atoms with Gasteiger partial charge in [-0.15, -0.1) is 4.52 Å². The molecule has 292 valence electrons. The number of carbonyl (C=O) groups excluding carboxylic acids is 2. The number of nitrogens with zero attached hydrogens (tertiary/aromatic N) is 2. The van der Waals surface area contributed by atoms with Gasteiger partial charge in [-0.1, -0.05) is 84.4 Å². The highest BCUT2D eigenvalue weighted by Crippen LogP contribution is 2.67. The van der Waals surface area contributed by atoms with Crippen LogP contribution in [0, 0.1) is 10.1 Å². The highest BCUT2D eigenvalue weighted by Gasteiger charge is 2.68. The second-order valence-corrected chi connectivity index (χ2v) is 15.0. The molecule has 5 aromatic rings. The van der Waals surface area contributed by atoms with Crippen molar-refractivity contribution >= 4 is 37.3 Å². The van der Waals surface area contributed by atoms with Gasteiger partial charge in [0.25, 0.3) is 17.5 Å². The predicted molar refractivity (Wildman–Crippen MR) is 209 cm³/mol. The number of nitro benzene ring substituents is 1. The molecule has 0 saturated carbocycles. The fourth-order valence-electron chi connectivity index (χ4n) is 6.19. The number of halogens is 1. The largest absolute Gasteiger partial charge is 0.719 e. The average Bonchev–Trinajstić information content (AvgIpc) is 3.22. The van der Waals surface area contributed by atoms with Gasteiger partial charge in [0.05, 0.1) is 11.0 Å². The monoisotopic (exact) mass is 812 g/mol. The number of fused-ring (bicyclic) bond motifs is 1. The lowest BCUT2D eigenvalue weighted by molar-refractivity contribution is -0.384. The second-order valence-electron chi connectivity index (χ2n) is 12.8. The van der Waals surface area contributed by atoms with E-state index in [-0.39, 0.29) is 37.4 Å². The van der Waals surface area contributed by atoms with Crippen LogP contribution in [0.25, 0.3) is 0 Å². The Hall–Kier alpha value is -6.34. The molecule has 2 amide bonds. The zero-order valence-electron chi connectivity index (χ0n) is 30.1. The molecule has 57 heavy (non-hydrogen) atoms. The summed E-state index contributed by atoms with van der Waals surface area (Å²) in [6.45, 7) is -0.612. The van der Waals surface area contributed by atoms with E-state index in [1.54, 1.807) is 115 Å². The molecule has 7 rings (SSSR count). The third-order valence-corrected chi connectivity index (χ3v) is 11.3. The fraction of sp³-hybridized carbons (Fsp3) is 0.171. The van der Waals surface area contributed by atoms with Crippen molar-refractivity contribution in [1.29, 1.82) is 0 Å². The number of nitrogens with one attached hydrogen (secondary N) is 1. The molecule has 16 heteroatoms. The molecule has 2 saturated heterocycles. The maximum absolute atomic E-state index is 14.0. The highest BCUT2D eigenvalue weighted by molar-refractivity contribution is 7.57. The van der Waals surface area contributed by atoms with E-state index in [1.165, 1.54) is 29.2 Å². The van der Waals surface area contributed by atoms with E-state index in [0.717, 1.165) is 0 Å². The zero-order chi connectivity index (χ0) is 39.8. The average molecular weight is 813 g/mol. The van der Waals surface area contributed by atoms with Gasteiger partial charge in [-0.25, -0.2) is 13.6 Å². The molecule has 2 heterocycles. The molecule has 0 radical (unpaired) electrons. The summed E-state index contributed by atoms with van der Waals surface area (Å²) in [4.78, 5) is 38.9. The first-order valence-corrected chi connectivity index (χ1v) is 19.6. The molecule has 0 spiro atoms. The molecule has 2 N–H and O–H groups in total. The number of hydrogen-bond acceptors (Lipinski definition) is 11. The summed E-state index contributed by atoms with van der Waals surface area (Å²) in [6, 6.07) is 38.5. The van der Waals surface area contributed by atoms with E-state index in [2.05, 4.69) is 5.32 Å². The number of non-ortho nitro benzene ring substituents is 1. The Balaban J connectivity index is 1.24. The van der Waals surface area contributed by atoms with Crippen LogP contribution in [0.3, 0.4) is 0 Å². The van der Waals surface area contributed by atoms with Crippen LogP contribution >= 0.6 is 19.8 Å².